The van der Waals surface area contributed by atoms with Gasteiger partial charge < -0.3 is 29.3 Å². The van der Waals surface area contributed by atoms with Gasteiger partial charge in [0.15, 0.2) is 0 Å². The second-order valence-electron chi connectivity index (χ2n) is 9.85. The van der Waals surface area contributed by atoms with Gasteiger partial charge in [0.25, 0.3) is 5.91 Å². The van der Waals surface area contributed by atoms with E-state index in [2.05, 4.69) is 20.4 Å². The number of ether oxygens (including phenoxy) is 2. The number of hydrogen-bond donors (Lipinski definition) is 2. The van der Waals surface area contributed by atoms with Gasteiger partial charge in [0, 0.05) is 36.6 Å². The number of benzene rings is 1. The van der Waals surface area contributed by atoms with Crippen LogP contribution in [-0.4, -0.2) is 73.9 Å². The summed E-state index contributed by atoms with van der Waals surface area (Å²) in [5, 5.41) is 16.9. The van der Waals surface area contributed by atoms with E-state index in [-0.39, 0.29) is 24.5 Å². The molecule has 0 saturated carbocycles. The van der Waals surface area contributed by atoms with Crippen LogP contribution in [0.4, 0.5) is 10.5 Å². The lowest BCUT2D eigenvalue weighted by Gasteiger charge is -2.35. The molecule has 4 heterocycles. The maximum absolute atomic E-state index is 13.2. The highest BCUT2D eigenvalue weighted by Gasteiger charge is 2.36. The van der Waals surface area contributed by atoms with E-state index in [0.29, 0.717) is 53.1 Å². The van der Waals surface area contributed by atoms with E-state index in [1.807, 2.05) is 19.1 Å². The number of aromatic nitrogens is 4. The summed E-state index contributed by atoms with van der Waals surface area (Å²) >= 11 is 0. The van der Waals surface area contributed by atoms with Gasteiger partial charge in [-0.15, -0.1) is 0 Å². The van der Waals surface area contributed by atoms with E-state index in [4.69, 9.17) is 14.0 Å². The number of carbonyl (C=O) groups excluding carboxylic acids is 2. The maximum Gasteiger partial charge on any atom is 0.409 e. The Bertz CT molecular complexity index is 1500. The molecule has 12 heteroatoms. The lowest BCUT2D eigenvalue weighted by Crippen LogP contribution is -2.48. The van der Waals surface area contributed by atoms with Crippen molar-refractivity contribution in [3.63, 3.8) is 0 Å². The van der Waals surface area contributed by atoms with Crippen LogP contribution in [0.15, 0.2) is 47.2 Å². The standard InChI is InChI=1S/C26H28N6O6/c1-15-5-6-16(22-29-24(38-30-22)17-12-31(13-17)25(34)36-4)9-19(15)28-23(33)20-11-27-21-10-18(7-8-32(20)21)37-14-26(2,3)35/h5-11,17,35H,12-14H2,1-4H3,(H,28,33). The van der Waals surface area contributed by atoms with Crippen LogP contribution in [0.1, 0.15) is 41.7 Å². The zero-order valence-electron chi connectivity index (χ0n) is 21.5. The van der Waals surface area contributed by atoms with Crippen LogP contribution in [0.3, 0.4) is 0 Å². The molecule has 0 bridgehead atoms. The summed E-state index contributed by atoms with van der Waals surface area (Å²) in [4.78, 5) is 35.1. The predicted molar refractivity (Wildman–Crippen MR) is 136 cm³/mol. The highest BCUT2D eigenvalue weighted by atomic mass is 16.5. The predicted octanol–water partition coefficient (Wildman–Crippen LogP) is 3.26. The van der Waals surface area contributed by atoms with Gasteiger partial charge in [-0.3, -0.25) is 9.20 Å². The largest absolute Gasteiger partial charge is 0.490 e. The first-order chi connectivity index (χ1) is 18.1. The minimum absolute atomic E-state index is 0.0452. The molecule has 38 heavy (non-hydrogen) atoms. The summed E-state index contributed by atoms with van der Waals surface area (Å²) in [5.74, 6) is 0.994. The number of nitrogens with one attached hydrogen (secondary N) is 1. The third-order valence-corrected chi connectivity index (χ3v) is 6.16. The molecule has 4 aromatic rings. The molecule has 1 fully saturated rings. The number of rotatable bonds is 7. The third-order valence-electron chi connectivity index (χ3n) is 6.16. The molecular weight excluding hydrogens is 492 g/mol. The second-order valence-corrected chi connectivity index (χ2v) is 9.85. The van der Waals surface area contributed by atoms with Gasteiger partial charge in [-0.1, -0.05) is 17.3 Å². The highest BCUT2D eigenvalue weighted by Crippen LogP contribution is 2.29. The Morgan fingerprint density at radius 1 is 1.24 bits per heavy atom. The van der Waals surface area contributed by atoms with Crippen molar-refractivity contribution in [2.75, 3.05) is 32.1 Å². The number of amides is 2. The molecule has 0 aliphatic carbocycles. The summed E-state index contributed by atoms with van der Waals surface area (Å²) in [5.41, 5.74) is 2.05. The normalized spacial score (nSPS) is 13.9. The van der Waals surface area contributed by atoms with Crippen molar-refractivity contribution in [3.05, 3.63) is 59.9 Å². The van der Waals surface area contributed by atoms with Crippen LogP contribution >= 0.6 is 0 Å². The van der Waals surface area contributed by atoms with Gasteiger partial charge in [0.2, 0.25) is 11.7 Å². The number of imidazole rings is 1. The molecule has 1 aliphatic heterocycles. The molecule has 198 valence electrons. The molecule has 0 radical (unpaired) electrons. The SMILES string of the molecule is COC(=O)N1CC(c2nc(-c3ccc(C)c(NC(=O)c4cnc5cc(OCC(C)(C)O)ccn45)c3)no2)C1. The zero-order valence-corrected chi connectivity index (χ0v) is 21.5. The number of aryl methyl sites for hydroxylation is 1. The quantitative estimate of drug-likeness (QED) is 0.375. The second kappa shape index (κ2) is 9.78. The number of nitrogens with zero attached hydrogens (tertiary/aromatic N) is 5. The minimum atomic E-state index is -0.967. The number of methoxy groups -OCH3 is 1. The first kappa shape index (κ1) is 25.2. The van der Waals surface area contributed by atoms with Gasteiger partial charge >= 0.3 is 6.09 Å². The molecule has 2 amide bonds. The van der Waals surface area contributed by atoms with Crippen molar-refractivity contribution >= 4 is 23.3 Å². The number of pyridine rings is 1. The van der Waals surface area contributed by atoms with Crippen LogP contribution in [0.2, 0.25) is 0 Å². The molecule has 1 aromatic carbocycles. The average Bonchev–Trinajstić information content (AvgIpc) is 3.50. The Balaban J connectivity index is 1.29. The van der Waals surface area contributed by atoms with E-state index < -0.39 is 5.60 Å². The van der Waals surface area contributed by atoms with Crippen molar-refractivity contribution in [2.24, 2.45) is 0 Å². The molecule has 3 aromatic heterocycles. The van der Waals surface area contributed by atoms with Crippen molar-refractivity contribution in [1.29, 1.82) is 0 Å². The Morgan fingerprint density at radius 2 is 2.03 bits per heavy atom. The minimum Gasteiger partial charge on any atom is -0.490 e. The van der Waals surface area contributed by atoms with Crippen LogP contribution < -0.4 is 10.1 Å². The molecular formula is C26H28N6O6. The fourth-order valence-corrected chi connectivity index (χ4v) is 3.99. The van der Waals surface area contributed by atoms with Crippen LogP contribution in [0, 0.1) is 6.92 Å². The third kappa shape index (κ3) is 5.16. The van der Waals surface area contributed by atoms with Gasteiger partial charge in [-0.25, -0.2) is 9.78 Å². The van der Waals surface area contributed by atoms with E-state index in [1.165, 1.54) is 13.3 Å². The summed E-state index contributed by atoms with van der Waals surface area (Å²) in [6.45, 7) is 6.24. The number of carbonyl (C=O) groups is 2. The highest BCUT2D eigenvalue weighted by molar-refractivity contribution is 6.04. The number of fused-ring (bicyclic) bond motifs is 1. The Kier molecular flexibility index (Phi) is 6.49. The van der Waals surface area contributed by atoms with Gasteiger partial charge in [-0.2, -0.15) is 4.98 Å². The van der Waals surface area contributed by atoms with Crippen molar-refractivity contribution < 1.29 is 28.7 Å². The summed E-state index contributed by atoms with van der Waals surface area (Å²) in [6.07, 6.45) is 2.80. The molecule has 12 nitrogen and oxygen atoms in total. The van der Waals surface area contributed by atoms with E-state index in [1.54, 1.807) is 47.5 Å². The van der Waals surface area contributed by atoms with E-state index in [9.17, 15) is 14.7 Å². The monoisotopic (exact) mass is 520 g/mol. The molecule has 1 saturated heterocycles. The Morgan fingerprint density at radius 3 is 2.76 bits per heavy atom. The van der Waals surface area contributed by atoms with Crippen LogP contribution in [0.5, 0.6) is 5.75 Å². The molecule has 0 unspecified atom stereocenters. The van der Waals surface area contributed by atoms with Crippen molar-refractivity contribution in [1.82, 2.24) is 24.4 Å². The maximum atomic E-state index is 13.2. The lowest BCUT2D eigenvalue weighted by atomic mass is 10.0. The van der Waals surface area contributed by atoms with Crippen LogP contribution in [-0.2, 0) is 4.74 Å². The molecule has 5 rings (SSSR count). The van der Waals surface area contributed by atoms with Gasteiger partial charge in [-0.05, 0) is 38.5 Å². The smallest absolute Gasteiger partial charge is 0.409 e. The molecule has 1 aliphatic rings. The molecule has 0 atom stereocenters. The average molecular weight is 521 g/mol. The fraction of sp³-hybridized carbons (Fsp3) is 0.346. The molecule has 0 spiro atoms. The summed E-state index contributed by atoms with van der Waals surface area (Å²) in [7, 11) is 1.34. The van der Waals surface area contributed by atoms with Crippen LogP contribution in [0.25, 0.3) is 17.0 Å². The van der Waals surface area contributed by atoms with Crippen molar-refractivity contribution in [2.45, 2.75) is 32.3 Å². The van der Waals surface area contributed by atoms with Gasteiger partial charge in [0.1, 0.15) is 23.7 Å². The number of likely N-dealkylation sites (tertiary alicyclic amines) is 1. The van der Waals surface area contributed by atoms with E-state index >= 15 is 0 Å². The number of aliphatic hydroxyl groups is 1. The number of anilines is 1. The van der Waals surface area contributed by atoms with Crippen molar-refractivity contribution in [3.8, 4) is 17.1 Å². The topological polar surface area (TPSA) is 144 Å². The van der Waals surface area contributed by atoms with E-state index in [0.717, 1.165) is 5.56 Å². The Labute approximate surface area is 218 Å². The Hall–Kier alpha value is -4.45. The number of hydrogen-bond acceptors (Lipinski definition) is 9. The van der Waals surface area contributed by atoms with Gasteiger partial charge in [0.05, 0.1) is 24.8 Å². The summed E-state index contributed by atoms with van der Waals surface area (Å²) in [6, 6.07) is 8.92. The zero-order chi connectivity index (χ0) is 27.0. The fourth-order valence-electron chi connectivity index (χ4n) is 3.99. The lowest BCUT2D eigenvalue weighted by molar-refractivity contribution is 0.0285. The molecule has 2 N–H and O–H groups in total. The first-order valence-electron chi connectivity index (χ1n) is 12.0. The summed E-state index contributed by atoms with van der Waals surface area (Å²) < 4.78 is 17.4. The first-order valence-corrected chi connectivity index (χ1v) is 12.0.